The predicted molar refractivity (Wildman–Crippen MR) is 67.5 cm³/mol. The third-order valence-corrected chi connectivity index (χ3v) is 3.18. The number of carbonyl (C=O) groups excluding carboxylic acids is 1. The Morgan fingerprint density at radius 3 is 2.53 bits per heavy atom. The summed E-state index contributed by atoms with van der Waals surface area (Å²) in [4.78, 5) is 12.0. The smallest absolute Gasteiger partial charge is 0.263 e. The van der Waals surface area contributed by atoms with E-state index in [4.69, 9.17) is 12.2 Å². The first-order valence-electron chi connectivity index (χ1n) is 4.47. The van der Waals surface area contributed by atoms with Gasteiger partial charge >= 0.3 is 0 Å². The number of carbonyl (C=O) groups is 1. The lowest BCUT2D eigenvalue weighted by atomic mass is 10.1. The molecular formula is C11H9NOS2. The van der Waals surface area contributed by atoms with Crippen LogP contribution in [0.4, 0.5) is 0 Å². The molecule has 0 radical (unpaired) electrons. The zero-order valence-corrected chi connectivity index (χ0v) is 9.74. The zero-order chi connectivity index (χ0) is 10.8. The van der Waals surface area contributed by atoms with Gasteiger partial charge < -0.3 is 5.32 Å². The van der Waals surface area contributed by atoms with E-state index in [1.54, 1.807) is 0 Å². The van der Waals surface area contributed by atoms with Gasteiger partial charge in [0.05, 0.1) is 4.91 Å². The molecule has 0 atom stereocenters. The average Bonchev–Trinajstić information content (AvgIpc) is 2.49. The summed E-state index contributed by atoms with van der Waals surface area (Å²) in [5.41, 5.74) is 2.22. The predicted octanol–water partition coefficient (Wildman–Crippen LogP) is 2.48. The number of rotatable bonds is 1. The molecule has 15 heavy (non-hydrogen) atoms. The second-order valence-corrected chi connectivity index (χ2v) is 4.98. The molecule has 4 heteroatoms. The molecule has 1 aliphatic rings. The molecule has 76 valence electrons. The Balaban J connectivity index is 2.27. The summed E-state index contributed by atoms with van der Waals surface area (Å²) >= 11 is 6.20. The fourth-order valence-corrected chi connectivity index (χ4v) is 2.28. The van der Waals surface area contributed by atoms with Gasteiger partial charge in [0.2, 0.25) is 0 Å². The highest BCUT2D eigenvalue weighted by atomic mass is 32.2. The first kappa shape index (κ1) is 10.4. The molecule has 1 saturated heterocycles. The molecule has 0 aliphatic carbocycles. The number of amides is 1. The maximum absolute atomic E-state index is 11.4. The van der Waals surface area contributed by atoms with Crippen LogP contribution in [-0.4, -0.2) is 10.2 Å². The Hall–Kier alpha value is -1.13. The Labute approximate surface area is 97.8 Å². The van der Waals surface area contributed by atoms with Gasteiger partial charge in [-0.05, 0) is 18.6 Å². The van der Waals surface area contributed by atoms with E-state index in [1.165, 1.54) is 17.3 Å². The van der Waals surface area contributed by atoms with Crippen molar-refractivity contribution < 1.29 is 4.79 Å². The third-order valence-electron chi connectivity index (χ3n) is 2.02. The summed E-state index contributed by atoms with van der Waals surface area (Å²) in [6, 6.07) is 8.00. The number of hydrogen-bond acceptors (Lipinski definition) is 3. The molecule has 1 N–H and O–H groups in total. The quantitative estimate of drug-likeness (QED) is 0.599. The van der Waals surface area contributed by atoms with E-state index in [0.29, 0.717) is 9.23 Å². The van der Waals surface area contributed by atoms with Crippen molar-refractivity contribution in [1.29, 1.82) is 0 Å². The Morgan fingerprint density at radius 2 is 2.00 bits per heavy atom. The molecule has 0 spiro atoms. The molecule has 0 aromatic heterocycles. The van der Waals surface area contributed by atoms with E-state index in [9.17, 15) is 4.79 Å². The average molecular weight is 235 g/mol. The molecule has 1 heterocycles. The van der Waals surface area contributed by atoms with Gasteiger partial charge in [-0.3, -0.25) is 4.79 Å². The van der Waals surface area contributed by atoms with Crippen LogP contribution < -0.4 is 5.32 Å². The van der Waals surface area contributed by atoms with Crippen LogP contribution >= 0.6 is 24.0 Å². The Morgan fingerprint density at radius 1 is 1.33 bits per heavy atom. The lowest BCUT2D eigenvalue weighted by molar-refractivity contribution is -0.115. The number of nitrogens with one attached hydrogen (secondary N) is 1. The molecular weight excluding hydrogens is 226 g/mol. The lowest BCUT2D eigenvalue weighted by Crippen LogP contribution is -2.17. The van der Waals surface area contributed by atoms with Crippen molar-refractivity contribution in [2.75, 3.05) is 0 Å². The van der Waals surface area contributed by atoms with E-state index < -0.39 is 0 Å². The second-order valence-electron chi connectivity index (χ2n) is 3.26. The van der Waals surface area contributed by atoms with Crippen LogP contribution in [0.25, 0.3) is 6.08 Å². The number of hydrogen-bond donors (Lipinski definition) is 1. The molecule has 2 rings (SSSR count). The molecule has 1 aromatic carbocycles. The normalized spacial score (nSPS) is 18.3. The summed E-state index contributed by atoms with van der Waals surface area (Å²) < 4.78 is 0.526. The van der Waals surface area contributed by atoms with Crippen molar-refractivity contribution in [2.24, 2.45) is 0 Å². The summed E-state index contributed by atoms with van der Waals surface area (Å²) in [5.74, 6) is -0.106. The minimum absolute atomic E-state index is 0.106. The monoisotopic (exact) mass is 235 g/mol. The van der Waals surface area contributed by atoms with Gasteiger partial charge in [-0.1, -0.05) is 53.8 Å². The van der Waals surface area contributed by atoms with E-state index in [1.807, 2.05) is 37.3 Å². The lowest BCUT2D eigenvalue weighted by Gasteiger charge is -1.95. The highest BCUT2D eigenvalue weighted by Crippen LogP contribution is 2.25. The highest BCUT2D eigenvalue weighted by Gasteiger charge is 2.21. The minimum Gasteiger partial charge on any atom is -0.307 e. The summed E-state index contributed by atoms with van der Waals surface area (Å²) in [5, 5.41) is 2.59. The zero-order valence-electron chi connectivity index (χ0n) is 8.11. The van der Waals surface area contributed by atoms with Crippen LogP contribution in [0.2, 0.25) is 0 Å². The van der Waals surface area contributed by atoms with Gasteiger partial charge in [-0.2, -0.15) is 0 Å². The van der Waals surface area contributed by atoms with E-state index in [-0.39, 0.29) is 5.91 Å². The van der Waals surface area contributed by atoms with Gasteiger partial charge in [-0.15, -0.1) is 0 Å². The molecule has 2 nitrogen and oxygen atoms in total. The van der Waals surface area contributed by atoms with Crippen LogP contribution in [0.5, 0.6) is 0 Å². The van der Waals surface area contributed by atoms with Crippen molar-refractivity contribution >= 4 is 40.3 Å². The third kappa shape index (κ3) is 2.46. The summed E-state index contributed by atoms with van der Waals surface area (Å²) in [6.45, 7) is 2.03. The van der Waals surface area contributed by atoms with Gasteiger partial charge in [0, 0.05) is 0 Å². The fraction of sp³-hybridized carbons (Fsp3) is 0.0909. The van der Waals surface area contributed by atoms with Crippen LogP contribution in [0.15, 0.2) is 29.2 Å². The highest BCUT2D eigenvalue weighted by molar-refractivity contribution is 8.26. The molecule has 0 bridgehead atoms. The standard InChI is InChI=1S/C11H9NOS2/c1-7-2-4-8(5-3-7)6-9-10(13)12-11(14)15-9/h2-6H,1H3,(H,12,13,14). The van der Waals surface area contributed by atoms with Crippen LogP contribution in [-0.2, 0) is 4.79 Å². The van der Waals surface area contributed by atoms with Crippen LogP contribution in [0, 0.1) is 6.92 Å². The maximum atomic E-state index is 11.4. The largest absolute Gasteiger partial charge is 0.307 e. The van der Waals surface area contributed by atoms with Crippen molar-refractivity contribution in [3.05, 3.63) is 40.3 Å². The van der Waals surface area contributed by atoms with Gasteiger partial charge in [-0.25, -0.2) is 0 Å². The molecule has 1 aliphatic heterocycles. The molecule has 0 saturated carbocycles. The van der Waals surface area contributed by atoms with E-state index in [2.05, 4.69) is 5.32 Å². The molecule has 0 unspecified atom stereocenters. The van der Waals surface area contributed by atoms with Gasteiger partial charge in [0.1, 0.15) is 4.32 Å². The molecule has 1 aromatic rings. The summed E-state index contributed by atoms with van der Waals surface area (Å²) in [6.07, 6.45) is 1.85. The minimum atomic E-state index is -0.106. The van der Waals surface area contributed by atoms with Crippen LogP contribution in [0.1, 0.15) is 11.1 Å². The Kier molecular flexibility index (Phi) is 2.88. The van der Waals surface area contributed by atoms with Crippen molar-refractivity contribution in [3.63, 3.8) is 0 Å². The van der Waals surface area contributed by atoms with E-state index >= 15 is 0 Å². The van der Waals surface area contributed by atoms with E-state index in [0.717, 1.165) is 5.56 Å². The first-order chi connectivity index (χ1) is 7.15. The van der Waals surface area contributed by atoms with Gasteiger partial charge in [0.25, 0.3) is 5.91 Å². The molecule has 1 amide bonds. The van der Waals surface area contributed by atoms with Crippen molar-refractivity contribution in [3.8, 4) is 0 Å². The number of benzene rings is 1. The number of thioether (sulfide) groups is 1. The van der Waals surface area contributed by atoms with Crippen molar-refractivity contribution in [1.82, 2.24) is 5.32 Å². The SMILES string of the molecule is Cc1ccc(C=C2SC(=S)NC2=O)cc1. The number of thiocarbonyl (C=S) groups is 1. The summed E-state index contributed by atoms with van der Waals surface area (Å²) in [7, 11) is 0. The Bertz CT molecular complexity index is 448. The second kappa shape index (κ2) is 4.16. The topological polar surface area (TPSA) is 29.1 Å². The first-order valence-corrected chi connectivity index (χ1v) is 5.69. The fourth-order valence-electron chi connectivity index (χ4n) is 1.24. The van der Waals surface area contributed by atoms with Crippen molar-refractivity contribution in [2.45, 2.75) is 6.92 Å². The maximum Gasteiger partial charge on any atom is 0.263 e. The number of aryl methyl sites for hydroxylation is 1. The molecule has 1 fully saturated rings. The van der Waals surface area contributed by atoms with Crippen LogP contribution in [0.3, 0.4) is 0 Å². The van der Waals surface area contributed by atoms with Gasteiger partial charge in [0.15, 0.2) is 0 Å².